The van der Waals surface area contributed by atoms with Crippen molar-refractivity contribution in [3.8, 4) is 0 Å². The Hall–Kier alpha value is -0.300. The average Bonchev–Trinajstić information content (AvgIpc) is 2.34. The third-order valence-electron chi connectivity index (χ3n) is 1.92. The Morgan fingerprint density at radius 3 is 3.00 bits per heavy atom. The molecule has 0 spiro atoms. The normalized spacial score (nSPS) is 25.1. The Bertz CT molecular complexity index is 112. The Labute approximate surface area is 63.1 Å². The summed E-state index contributed by atoms with van der Waals surface area (Å²) in [5.41, 5.74) is 1.27. The molecule has 1 fully saturated rings. The van der Waals surface area contributed by atoms with Crippen LogP contribution in [0.5, 0.6) is 0 Å². The molecule has 1 heteroatoms. The minimum absolute atomic E-state index is 0.539. The molecule has 1 aliphatic rings. The zero-order valence-electron chi connectivity index (χ0n) is 6.73. The van der Waals surface area contributed by atoms with E-state index in [1.807, 2.05) is 0 Å². The third-order valence-corrected chi connectivity index (χ3v) is 1.92. The molecular weight excluding hydrogens is 124 g/mol. The molecule has 0 aromatic carbocycles. The summed E-state index contributed by atoms with van der Waals surface area (Å²) in [7, 11) is 0. The molecule has 10 heavy (non-hydrogen) atoms. The van der Waals surface area contributed by atoms with Gasteiger partial charge in [-0.05, 0) is 32.6 Å². The largest absolute Gasteiger partial charge is 0.378 e. The molecule has 0 bridgehead atoms. The molecule has 1 saturated heterocycles. The van der Waals surface area contributed by atoms with Gasteiger partial charge in [-0.2, -0.15) is 0 Å². The van der Waals surface area contributed by atoms with Gasteiger partial charge in [0, 0.05) is 6.61 Å². The van der Waals surface area contributed by atoms with Crippen LogP contribution < -0.4 is 0 Å². The van der Waals surface area contributed by atoms with Crippen LogP contribution in [0.2, 0.25) is 0 Å². The first kappa shape index (κ1) is 7.80. The first-order valence-electron chi connectivity index (χ1n) is 4.05. The van der Waals surface area contributed by atoms with Crippen molar-refractivity contribution in [1.29, 1.82) is 0 Å². The average molecular weight is 140 g/mol. The van der Waals surface area contributed by atoms with E-state index >= 15 is 0 Å². The van der Waals surface area contributed by atoms with Gasteiger partial charge in [-0.1, -0.05) is 5.57 Å². The SMILES string of the molecule is C=C(C)CCC1CCCO1. The van der Waals surface area contributed by atoms with Crippen molar-refractivity contribution < 1.29 is 4.74 Å². The van der Waals surface area contributed by atoms with Gasteiger partial charge in [0.05, 0.1) is 6.10 Å². The second-order valence-electron chi connectivity index (χ2n) is 3.13. The summed E-state index contributed by atoms with van der Waals surface area (Å²) in [6, 6.07) is 0. The maximum absolute atomic E-state index is 5.46. The van der Waals surface area contributed by atoms with Crippen molar-refractivity contribution in [3.05, 3.63) is 12.2 Å². The third kappa shape index (κ3) is 2.53. The fourth-order valence-corrected chi connectivity index (χ4v) is 1.28. The lowest BCUT2D eigenvalue weighted by Gasteiger charge is -2.07. The molecule has 1 nitrogen and oxygen atoms in total. The molecule has 0 saturated carbocycles. The molecule has 0 aromatic rings. The number of allylic oxidation sites excluding steroid dienone is 1. The van der Waals surface area contributed by atoms with Crippen LogP contribution in [0.1, 0.15) is 32.6 Å². The van der Waals surface area contributed by atoms with Gasteiger partial charge >= 0.3 is 0 Å². The molecule has 1 heterocycles. The summed E-state index contributed by atoms with van der Waals surface area (Å²) in [6.07, 6.45) is 5.35. The molecule has 1 aliphatic heterocycles. The lowest BCUT2D eigenvalue weighted by Crippen LogP contribution is -2.03. The molecule has 58 valence electrons. The van der Waals surface area contributed by atoms with E-state index in [1.165, 1.54) is 24.8 Å². The first-order valence-corrected chi connectivity index (χ1v) is 4.05. The molecule has 0 radical (unpaired) electrons. The predicted octanol–water partition coefficient (Wildman–Crippen LogP) is 2.52. The number of hydrogen-bond acceptors (Lipinski definition) is 1. The molecule has 1 rings (SSSR count). The van der Waals surface area contributed by atoms with Crippen LogP contribution in [0.15, 0.2) is 12.2 Å². The first-order chi connectivity index (χ1) is 4.79. The van der Waals surface area contributed by atoms with Gasteiger partial charge in [-0.25, -0.2) is 0 Å². The van der Waals surface area contributed by atoms with Crippen LogP contribution in [0.3, 0.4) is 0 Å². The maximum Gasteiger partial charge on any atom is 0.0579 e. The van der Waals surface area contributed by atoms with Gasteiger partial charge in [0.25, 0.3) is 0 Å². The maximum atomic E-state index is 5.46. The monoisotopic (exact) mass is 140 g/mol. The summed E-state index contributed by atoms with van der Waals surface area (Å²) in [6.45, 7) is 6.91. The van der Waals surface area contributed by atoms with Crippen LogP contribution in [0.25, 0.3) is 0 Å². The number of rotatable bonds is 3. The van der Waals surface area contributed by atoms with Crippen molar-refractivity contribution in [2.45, 2.75) is 38.7 Å². The highest BCUT2D eigenvalue weighted by molar-refractivity contribution is 4.88. The number of ether oxygens (including phenoxy) is 1. The number of hydrogen-bond donors (Lipinski definition) is 0. The van der Waals surface area contributed by atoms with E-state index in [1.54, 1.807) is 0 Å². The summed E-state index contributed by atoms with van der Waals surface area (Å²) in [4.78, 5) is 0. The van der Waals surface area contributed by atoms with E-state index in [4.69, 9.17) is 4.74 Å². The van der Waals surface area contributed by atoms with Gasteiger partial charge in [0.15, 0.2) is 0 Å². The van der Waals surface area contributed by atoms with E-state index < -0.39 is 0 Å². The Morgan fingerprint density at radius 1 is 1.70 bits per heavy atom. The van der Waals surface area contributed by atoms with Crippen LogP contribution in [-0.2, 0) is 4.74 Å². The highest BCUT2D eigenvalue weighted by Gasteiger charge is 2.14. The molecular formula is C9H16O. The summed E-state index contributed by atoms with van der Waals surface area (Å²) >= 11 is 0. The van der Waals surface area contributed by atoms with Crippen LogP contribution in [0.4, 0.5) is 0 Å². The Balaban J connectivity index is 2.07. The van der Waals surface area contributed by atoms with E-state index in [9.17, 15) is 0 Å². The van der Waals surface area contributed by atoms with Crippen molar-refractivity contribution in [1.82, 2.24) is 0 Å². The van der Waals surface area contributed by atoms with Crippen molar-refractivity contribution in [3.63, 3.8) is 0 Å². The topological polar surface area (TPSA) is 9.23 Å². The van der Waals surface area contributed by atoms with Crippen molar-refractivity contribution in [2.24, 2.45) is 0 Å². The van der Waals surface area contributed by atoms with Crippen molar-refractivity contribution in [2.75, 3.05) is 6.61 Å². The van der Waals surface area contributed by atoms with Crippen LogP contribution in [-0.4, -0.2) is 12.7 Å². The lowest BCUT2D eigenvalue weighted by molar-refractivity contribution is 0.104. The van der Waals surface area contributed by atoms with Gasteiger partial charge in [-0.15, -0.1) is 6.58 Å². The molecule has 0 N–H and O–H groups in total. The Kier molecular flexibility index (Phi) is 2.94. The van der Waals surface area contributed by atoms with E-state index in [-0.39, 0.29) is 0 Å². The zero-order chi connectivity index (χ0) is 7.40. The van der Waals surface area contributed by atoms with Gasteiger partial charge < -0.3 is 4.74 Å². The highest BCUT2D eigenvalue weighted by Crippen LogP contribution is 2.18. The second kappa shape index (κ2) is 3.77. The molecule has 1 atom stereocenters. The highest BCUT2D eigenvalue weighted by atomic mass is 16.5. The van der Waals surface area contributed by atoms with E-state index in [0.29, 0.717) is 6.10 Å². The second-order valence-corrected chi connectivity index (χ2v) is 3.13. The summed E-state index contributed by atoms with van der Waals surface area (Å²) in [5.74, 6) is 0. The molecule has 1 unspecified atom stereocenters. The fourth-order valence-electron chi connectivity index (χ4n) is 1.28. The molecule has 0 aliphatic carbocycles. The summed E-state index contributed by atoms with van der Waals surface area (Å²) < 4.78 is 5.46. The van der Waals surface area contributed by atoms with Gasteiger partial charge in [-0.3, -0.25) is 0 Å². The smallest absolute Gasteiger partial charge is 0.0579 e. The van der Waals surface area contributed by atoms with Crippen molar-refractivity contribution >= 4 is 0 Å². The van der Waals surface area contributed by atoms with Gasteiger partial charge in [0.2, 0.25) is 0 Å². The lowest BCUT2D eigenvalue weighted by atomic mass is 10.1. The zero-order valence-corrected chi connectivity index (χ0v) is 6.73. The predicted molar refractivity (Wildman–Crippen MR) is 43.0 cm³/mol. The Morgan fingerprint density at radius 2 is 2.50 bits per heavy atom. The molecule has 0 amide bonds. The summed E-state index contributed by atoms with van der Waals surface area (Å²) in [5, 5.41) is 0. The van der Waals surface area contributed by atoms with E-state index in [2.05, 4.69) is 13.5 Å². The fraction of sp³-hybridized carbons (Fsp3) is 0.778. The standard InChI is InChI=1S/C9H16O/c1-8(2)5-6-9-4-3-7-10-9/h9H,1,3-7H2,2H3. The quantitative estimate of drug-likeness (QED) is 0.547. The minimum atomic E-state index is 0.539. The molecule has 0 aromatic heterocycles. The van der Waals surface area contributed by atoms with Crippen LogP contribution >= 0.6 is 0 Å². The van der Waals surface area contributed by atoms with Crippen LogP contribution in [0, 0.1) is 0 Å². The van der Waals surface area contributed by atoms with Gasteiger partial charge in [0.1, 0.15) is 0 Å². The van der Waals surface area contributed by atoms with E-state index in [0.717, 1.165) is 13.0 Å². The minimum Gasteiger partial charge on any atom is -0.378 e.